The lowest BCUT2D eigenvalue weighted by molar-refractivity contribution is -0.137. The van der Waals surface area contributed by atoms with Crippen LogP contribution < -0.4 is 10.6 Å². The van der Waals surface area contributed by atoms with E-state index in [4.69, 9.17) is 16.3 Å². The van der Waals surface area contributed by atoms with Gasteiger partial charge in [0.2, 0.25) is 0 Å². The number of hydrogen-bond donors (Lipinski definition) is 2. The van der Waals surface area contributed by atoms with Gasteiger partial charge in [-0.1, -0.05) is 17.7 Å². The van der Waals surface area contributed by atoms with Gasteiger partial charge >= 0.3 is 11.8 Å². The number of nitrogens with one attached hydrogen (secondary N) is 2. The molecule has 1 fully saturated rings. The molecule has 2 N–H and O–H groups in total. The Balaban J connectivity index is 1.93. The van der Waals surface area contributed by atoms with Gasteiger partial charge < -0.3 is 15.4 Å². The number of halogens is 1. The molecule has 1 aliphatic heterocycles. The smallest absolute Gasteiger partial charge is 0.313 e. The normalized spacial score (nSPS) is 19.1. The molecule has 0 aromatic heterocycles. The van der Waals surface area contributed by atoms with E-state index in [-0.39, 0.29) is 12.1 Å². The highest BCUT2D eigenvalue weighted by Crippen LogP contribution is 2.20. The standard InChI is InChI=1S/C15H19ClN2O3/c1-9-5-6-11(16)8-12(9)18-15(20)14(19)17-10(2)13-4-3-7-21-13/h5-6,8,10,13H,3-4,7H2,1-2H3,(H,17,19)(H,18,20). The number of ether oxygens (including phenoxy) is 1. The Bertz CT molecular complexity index is 542. The van der Waals surface area contributed by atoms with Crippen LogP contribution in [0.15, 0.2) is 18.2 Å². The highest BCUT2D eigenvalue weighted by molar-refractivity contribution is 6.40. The fraction of sp³-hybridized carbons (Fsp3) is 0.467. The molecule has 1 aliphatic rings. The van der Waals surface area contributed by atoms with Crippen LogP contribution in [0.3, 0.4) is 0 Å². The van der Waals surface area contributed by atoms with Crippen molar-refractivity contribution in [1.29, 1.82) is 0 Å². The largest absolute Gasteiger partial charge is 0.376 e. The summed E-state index contributed by atoms with van der Waals surface area (Å²) in [7, 11) is 0. The fourth-order valence-corrected chi connectivity index (χ4v) is 2.44. The van der Waals surface area contributed by atoms with E-state index in [9.17, 15) is 9.59 Å². The van der Waals surface area contributed by atoms with Gasteiger partial charge in [0.05, 0.1) is 12.1 Å². The minimum absolute atomic E-state index is 0.0188. The number of hydrogen-bond acceptors (Lipinski definition) is 3. The number of aryl methyl sites for hydroxylation is 1. The topological polar surface area (TPSA) is 67.4 Å². The third kappa shape index (κ3) is 4.19. The highest BCUT2D eigenvalue weighted by Gasteiger charge is 2.25. The maximum Gasteiger partial charge on any atom is 0.313 e. The summed E-state index contributed by atoms with van der Waals surface area (Å²) in [6.45, 7) is 4.38. The molecule has 0 radical (unpaired) electrons. The summed E-state index contributed by atoms with van der Waals surface area (Å²) in [5.41, 5.74) is 1.38. The number of rotatable bonds is 3. The van der Waals surface area contributed by atoms with Crippen molar-refractivity contribution < 1.29 is 14.3 Å². The zero-order chi connectivity index (χ0) is 15.4. The lowest BCUT2D eigenvalue weighted by Crippen LogP contribution is -2.45. The number of carbonyl (C=O) groups excluding carboxylic acids is 2. The maximum atomic E-state index is 11.9. The summed E-state index contributed by atoms with van der Waals surface area (Å²) < 4.78 is 5.48. The second-order valence-corrected chi connectivity index (χ2v) is 5.66. The highest BCUT2D eigenvalue weighted by atomic mass is 35.5. The van der Waals surface area contributed by atoms with Gasteiger partial charge in [0, 0.05) is 17.3 Å². The lowest BCUT2D eigenvalue weighted by Gasteiger charge is -2.19. The van der Waals surface area contributed by atoms with E-state index in [0.717, 1.165) is 18.4 Å². The first-order chi connectivity index (χ1) is 9.97. The summed E-state index contributed by atoms with van der Waals surface area (Å²) in [6, 6.07) is 4.94. The minimum atomic E-state index is -0.704. The van der Waals surface area contributed by atoms with E-state index in [1.165, 1.54) is 0 Å². The van der Waals surface area contributed by atoms with Crippen molar-refractivity contribution in [1.82, 2.24) is 5.32 Å². The van der Waals surface area contributed by atoms with Crippen molar-refractivity contribution in [2.24, 2.45) is 0 Å². The van der Waals surface area contributed by atoms with Crippen LogP contribution in [-0.2, 0) is 14.3 Å². The van der Waals surface area contributed by atoms with E-state index >= 15 is 0 Å². The van der Waals surface area contributed by atoms with Crippen molar-refractivity contribution in [2.75, 3.05) is 11.9 Å². The van der Waals surface area contributed by atoms with Gasteiger partial charge in [-0.2, -0.15) is 0 Å². The first-order valence-corrected chi connectivity index (χ1v) is 7.35. The van der Waals surface area contributed by atoms with Crippen molar-refractivity contribution in [2.45, 2.75) is 38.8 Å². The van der Waals surface area contributed by atoms with Crippen LogP contribution in [0, 0.1) is 6.92 Å². The van der Waals surface area contributed by atoms with E-state index in [2.05, 4.69) is 10.6 Å². The molecule has 1 heterocycles. The molecule has 2 amide bonds. The first-order valence-electron chi connectivity index (χ1n) is 6.97. The van der Waals surface area contributed by atoms with Gasteiger partial charge in [-0.15, -0.1) is 0 Å². The summed E-state index contributed by atoms with van der Waals surface area (Å²) in [5, 5.41) is 5.74. The molecule has 2 rings (SSSR count). The molecule has 0 aliphatic carbocycles. The monoisotopic (exact) mass is 310 g/mol. The molecule has 5 nitrogen and oxygen atoms in total. The SMILES string of the molecule is Cc1ccc(Cl)cc1NC(=O)C(=O)NC(C)C1CCCO1. The third-order valence-electron chi connectivity index (χ3n) is 3.54. The first kappa shape index (κ1) is 15.8. The molecule has 0 saturated carbocycles. The average Bonchev–Trinajstić information content (AvgIpc) is 2.97. The van der Waals surface area contributed by atoms with Gasteiger partial charge in [-0.05, 0) is 44.4 Å². The molecule has 2 atom stereocenters. The lowest BCUT2D eigenvalue weighted by atomic mass is 10.1. The molecular formula is C15H19ClN2O3. The molecule has 6 heteroatoms. The molecule has 21 heavy (non-hydrogen) atoms. The summed E-state index contributed by atoms with van der Waals surface area (Å²) >= 11 is 5.88. The van der Waals surface area contributed by atoms with E-state index < -0.39 is 11.8 Å². The molecule has 0 spiro atoms. The number of amides is 2. The Kier molecular flexibility index (Phi) is 5.20. The van der Waals surface area contributed by atoms with Crippen LogP contribution in [0.25, 0.3) is 0 Å². The fourth-order valence-electron chi connectivity index (χ4n) is 2.27. The van der Waals surface area contributed by atoms with Crippen LogP contribution in [0.1, 0.15) is 25.3 Å². The van der Waals surface area contributed by atoms with Crippen molar-refractivity contribution in [3.8, 4) is 0 Å². The third-order valence-corrected chi connectivity index (χ3v) is 3.77. The predicted molar refractivity (Wildman–Crippen MR) is 81.4 cm³/mol. The maximum absolute atomic E-state index is 11.9. The van der Waals surface area contributed by atoms with Crippen LogP contribution in [0.4, 0.5) is 5.69 Å². The van der Waals surface area contributed by atoms with Crippen molar-refractivity contribution in [3.05, 3.63) is 28.8 Å². The minimum Gasteiger partial charge on any atom is -0.376 e. The predicted octanol–water partition coefficient (Wildman–Crippen LogP) is 2.27. The molecule has 114 valence electrons. The zero-order valence-corrected chi connectivity index (χ0v) is 12.9. The Morgan fingerprint density at radius 3 is 2.81 bits per heavy atom. The summed E-state index contributed by atoms with van der Waals surface area (Å²) in [5.74, 6) is -1.37. The van der Waals surface area contributed by atoms with Crippen LogP contribution in [-0.4, -0.2) is 30.6 Å². The zero-order valence-electron chi connectivity index (χ0n) is 12.1. The number of benzene rings is 1. The molecule has 2 unspecified atom stereocenters. The number of carbonyl (C=O) groups is 2. The van der Waals surface area contributed by atoms with Crippen molar-refractivity contribution in [3.63, 3.8) is 0 Å². The summed E-state index contributed by atoms with van der Waals surface area (Å²) in [6.07, 6.45) is 1.87. The van der Waals surface area contributed by atoms with Gasteiger partial charge in [-0.3, -0.25) is 9.59 Å². The average molecular weight is 311 g/mol. The second-order valence-electron chi connectivity index (χ2n) is 5.23. The Labute approximate surface area is 129 Å². The summed E-state index contributed by atoms with van der Waals surface area (Å²) in [4.78, 5) is 23.8. The molecule has 1 aromatic carbocycles. The quantitative estimate of drug-likeness (QED) is 0.842. The van der Waals surface area contributed by atoms with Gasteiger partial charge in [0.1, 0.15) is 0 Å². The Morgan fingerprint density at radius 2 is 2.14 bits per heavy atom. The van der Waals surface area contributed by atoms with Gasteiger partial charge in [-0.25, -0.2) is 0 Å². The van der Waals surface area contributed by atoms with Gasteiger partial charge in [0.25, 0.3) is 0 Å². The Morgan fingerprint density at radius 1 is 1.38 bits per heavy atom. The van der Waals surface area contributed by atoms with E-state index in [1.54, 1.807) is 18.2 Å². The van der Waals surface area contributed by atoms with Crippen LogP contribution in [0.2, 0.25) is 5.02 Å². The van der Waals surface area contributed by atoms with Crippen LogP contribution in [0.5, 0.6) is 0 Å². The Hall–Kier alpha value is -1.59. The molecule has 0 bridgehead atoms. The second kappa shape index (κ2) is 6.91. The van der Waals surface area contributed by atoms with E-state index in [0.29, 0.717) is 17.3 Å². The molecule has 1 aromatic rings. The molecule has 1 saturated heterocycles. The van der Waals surface area contributed by atoms with E-state index in [1.807, 2.05) is 13.8 Å². The van der Waals surface area contributed by atoms with Crippen molar-refractivity contribution >= 4 is 29.1 Å². The molecular weight excluding hydrogens is 292 g/mol. The van der Waals surface area contributed by atoms with Gasteiger partial charge in [0.15, 0.2) is 0 Å². The number of anilines is 1. The van der Waals surface area contributed by atoms with Crippen LogP contribution >= 0.6 is 11.6 Å².